The maximum Gasteiger partial charge on any atom is 0.135 e. The van der Waals surface area contributed by atoms with Crippen LogP contribution in [0.3, 0.4) is 0 Å². The van der Waals surface area contributed by atoms with Crippen LogP contribution in [0.15, 0.2) is 170 Å². The van der Waals surface area contributed by atoms with Crippen LogP contribution in [-0.4, -0.2) is 9.55 Å². The van der Waals surface area contributed by atoms with E-state index in [-0.39, 0.29) is 60.2 Å². The summed E-state index contributed by atoms with van der Waals surface area (Å²) in [4.78, 5) is 7.84. The quantitative estimate of drug-likeness (QED) is 0.149. The summed E-state index contributed by atoms with van der Waals surface area (Å²) in [7, 11) is 0. The van der Waals surface area contributed by atoms with Crippen LogP contribution in [0.2, 0.25) is 0 Å². The van der Waals surface area contributed by atoms with Crippen molar-refractivity contribution in [2.45, 2.75) is 26.2 Å². The fourth-order valence-electron chi connectivity index (χ4n) is 6.70. The van der Waals surface area contributed by atoms with Gasteiger partial charge in [0.25, 0.3) is 0 Å². The van der Waals surface area contributed by atoms with Gasteiger partial charge in [-0.1, -0.05) is 135 Å². The van der Waals surface area contributed by atoms with E-state index in [1.807, 2.05) is 36.5 Å². The Kier molecular flexibility index (Phi) is 6.84. The maximum absolute atomic E-state index is 8.85. The van der Waals surface area contributed by atoms with Crippen LogP contribution < -0.4 is 14.5 Å². The summed E-state index contributed by atoms with van der Waals surface area (Å²) in [6, 6.07) is 27.3. The molecule has 8 aromatic rings. The van der Waals surface area contributed by atoms with E-state index in [0.29, 0.717) is 17.2 Å². The Morgan fingerprint density at radius 3 is 2.05 bits per heavy atom. The van der Waals surface area contributed by atoms with E-state index in [9.17, 15) is 0 Å². The van der Waals surface area contributed by atoms with Gasteiger partial charge in [-0.3, -0.25) is 0 Å². The number of ether oxygens (including phenoxy) is 1. The molecule has 55 heavy (non-hydrogen) atoms. The number of nitrogens with zero attached hydrogens (tertiary/aromatic N) is 4. The third-order valence-corrected chi connectivity index (χ3v) is 9.30. The van der Waals surface area contributed by atoms with Gasteiger partial charge in [0, 0.05) is 67.8 Å². The van der Waals surface area contributed by atoms with E-state index in [4.69, 9.17) is 30.0 Å². The van der Waals surface area contributed by atoms with Gasteiger partial charge in [-0.05, 0) is 45.7 Å². The summed E-state index contributed by atoms with van der Waals surface area (Å²) in [6.07, 6.45) is 5.02. The molecule has 3 heterocycles. The van der Waals surface area contributed by atoms with Crippen molar-refractivity contribution in [3.63, 3.8) is 0 Å². The minimum absolute atomic E-state index is 0. The van der Waals surface area contributed by atoms with E-state index in [1.54, 1.807) is 35.5 Å². The Morgan fingerprint density at radius 2 is 1.35 bits per heavy atom. The molecule has 1 aliphatic heterocycles. The molecule has 0 amide bonds. The Hall–Kier alpha value is -6.16. The molecule has 9 rings (SSSR count). The number of pyridine rings is 1. The van der Waals surface area contributed by atoms with Gasteiger partial charge in [0.05, 0.1) is 19.4 Å². The minimum atomic E-state index is -0.583. The van der Waals surface area contributed by atoms with Crippen molar-refractivity contribution in [3.8, 4) is 39.6 Å². The van der Waals surface area contributed by atoms with E-state index < -0.39 is 60.4 Å². The van der Waals surface area contributed by atoms with Crippen LogP contribution in [0.5, 0.6) is 11.5 Å². The van der Waals surface area contributed by atoms with Crippen molar-refractivity contribution in [1.29, 1.82) is 0 Å². The van der Waals surface area contributed by atoms with E-state index >= 15 is 0 Å². The van der Waals surface area contributed by atoms with Gasteiger partial charge in [-0.25, -0.2) is 4.98 Å². The van der Waals surface area contributed by atoms with Crippen molar-refractivity contribution in [2.75, 3.05) is 9.80 Å². The topological polar surface area (TPSA) is 33.5 Å². The molecule has 0 spiro atoms. The van der Waals surface area contributed by atoms with Gasteiger partial charge >= 0.3 is 0 Å². The zero-order valence-corrected chi connectivity index (χ0v) is 32.2. The first-order valence-corrected chi connectivity index (χ1v) is 17.3. The van der Waals surface area contributed by atoms with Crippen LogP contribution in [0.25, 0.3) is 49.9 Å². The first-order valence-electron chi connectivity index (χ1n) is 22.3. The van der Waals surface area contributed by atoms with Crippen molar-refractivity contribution in [2.24, 2.45) is 0 Å². The van der Waals surface area contributed by atoms with E-state index in [1.165, 1.54) is 23.1 Å². The van der Waals surface area contributed by atoms with Crippen LogP contribution >= 0.6 is 0 Å². The smallest absolute Gasteiger partial charge is 0.135 e. The molecule has 0 radical (unpaired) electrons. The van der Waals surface area contributed by atoms with Crippen LogP contribution in [0.1, 0.15) is 40.0 Å². The fraction of sp³-hybridized carbons (Fsp3) is 0.0816. The van der Waals surface area contributed by atoms with Crippen molar-refractivity contribution >= 4 is 33.2 Å². The first-order chi connectivity index (χ1) is 30.5. The van der Waals surface area contributed by atoms with Crippen LogP contribution in [-0.2, 0) is 26.5 Å². The number of benzene rings is 6. The largest absolute Gasteiger partial charge is 0.509 e. The van der Waals surface area contributed by atoms with Crippen molar-refractivity contribution in [1.82, 2.24) is 9.55 Å². The molecule has 0 atom stereocenters. The normalized spacial score (nSPS) is 15.3. The predicted molar refractivity (Wildman–Crippen MR) is 221 cm³/mol. The number of hydrogen-bond donors (Lipinski definition) is 0. The number of rotatable bonds is 7. The second-order valence-electron chi connectivity index (χ2n) is 13.7. The summed E-state index contributed by atoms with van der Waals surface area (Å²) < 4.78 is 94.1. The van der Waals surface area contributed by atoms with Crippen molar-refractivity contribution < 1.29 is 39.5 Å². The zero-order chi connectivity index (χ0) is 45.5. The SMILES string of the molecule is [2H]c1c([2H])c([2H])c(-c2cccc(-c3c([2H])c([2H])c([2H])c([2H])c3[2H])c2N2C=CN(c3[c-]c(Oc4[c-]c5c(cc4)c4ccccc4n5-c4cc(C(C)(C)C)ccn4)ccc3)C2=[CH-])c([2H])c1[2H].[Pt]. The molecule has 2 aromatic heterocycles. The molecule has 0 unspecified atom stereocenters. The number of hydrogen-bond acceptors (Lipinski definition) is 4. The Bertz CT molecular complexity index is 3160. The van der Waals surface area contributed by atoms with Gasteiger partial charge in [-0.2, -0.15) is 12.1 Å². The van der Waals surface area contributed by atoms with Gasteiger partial charge in [0.2, 0.25) is 0 Å². The summed E-state index contributed by atoms with van der Waals surface area (Å²) in [5.41, 5.74) is 3.23. The average molecular weight is 903 g/mol. The second kappa shape index (κ2) is 14.6. The Morgan fingerprint density at radius 1 is 0.691 bits per heavy atom. The molecule has 6 aromatic carbocycles. The number of anilines is 2. The molecular weight excluding hydrogens is 856 g/mol. The second-order valence-corrected chi connectivity index (χ2v) is 13.7. The summed E-state index contributed by atoms with van der Waals surface area (Å²) in [5, 5.41) is 2.01. The number of fused-ring (bicyclic) bond motifs is 3. The summed E-state index contributed by atoms with van der Waals surface area (Å²) >= 11 is 0. The first kappa shape index (κ1) is 25.8. The molecule has 6 heteroatoms. The number of aromatic nitrogens is 2. The molecule has 272 valence electrons. The fourth-order valence-corrected chi connectivity index (χ4v) is 6.70. The molecule has 0 fully saturated rings. The predicted octanol–water partition coefficient (Wildman–Crippen LogP) is 12.3. The molecular formula is C49H37N4OPt-3. The van der Waals surface area contributed by atoms with E-state index in [0.717, 1.165) is 33.2 Å². The number of para-hydroxylation sites is 2. The molecule has 1 aliphatic rings. The molecule has 0 N–H and O–H groups in total. The standard InChI is InChI=1S/C49H37N4O.Pt/c1-34-51(29-30-52(34)48-41(35-15-7-5-8-16-35)22-14-23-42(48)36-17-9-6-10-18-36)38-19-13-20-39(32-38)54-40-25-26-44-43-21-11-12-24-45(43)53(46(44)33-40)47-31-37(27-28-50-47)49(2,3)4;/h1,5-31H,2-4H3;/q-3;/i5D,6D,7D,8D,9D,10D,15D,16D,17D,18D;. The van der Waals surface area contributed by atoms with Gasteiger partial charge < -0.3 is 25.7 Å². The van der Waals surface area contributed by atoms with Crippen LogP contribution in [0.4, 0.5) is 11.4 Å². The zero-order valence-electron chi connectivity index (χ0n) is 39.9. The Balaban J connectivity index is 0.00000576. The Labute approximate surface area is 350 Å². The third kappa shape index (κ3) is 6.66. The minimum Gasteiger partial charge on any atom is -0.509 e. The van der Waals surface area contributed by atoms with Crippen LogP contribution in [0, 0.1) is 18.7 Å². The van der Waals surface area contributed by atoms with Crippen molar-refractivity contribution in [3.05, 3.63) is 194 Å². The average Bonchev–Trinajstić information content (AvgIpc) is 3.83. The third-order valence-electron chi connectivity index (χ3n) is 9.30. The van der Waals surface area contributed by atoms with Gasteiger partial charge in [0.1, 0.15) is 5.82 Å². The maximum atomic E-state index is 8.85. The van der Waals surface area contributed by atoms with Gasteiger partial charge in [-0.15, -0.1) is 35.7 Å². The van der Waals surface area contributed by atoms with Gasteiger partial charge in [0.15, 0.2) is 0 Å². The molecule has 0 aliphatic carbocycles. The monoisotopic (exact) mass is 902 g/mol. The molecule has 0 saturated carbocycles. The molecule has 0 saturated heterocycles. The molecule has 0 bridgehead atoms. The summed E-state index contributed by atoms with van der Waals surface area (Å²) in [5.74, 6) is 1.55. The summed E-state index contributed by atoms with van der Waals surface area (Å²) in [6.45, 7) is 13.4. The van der Waals surface area contributed by atoms with E-state index in [2.05, 4.69) is 55.7 Å². The molecule has 5 nitrogen and oxygen atoms in total.